The van der Waals surface area contributed by atoms with Crippen LogP contribution in [0.15, 0.2) is 68.9 Å². The quantitative estimate of drug-likeness (QED) is 0.192. The summed E-state index contributed by atoms with van der Waals surface area (Å²) in [6, 6.07) is 13.4. The highest BCUT2D eigenvalue weighted by molar-refractivity contribution is 9.10. The summed E-state index contributed by atoms with van der Waals surface area (Å²) in [7, 11) is -2.85. The van der Waals surface area contributed by atoms with Gasteiger partial charge in [-0.1, -0.05) is 40.9 Å². The van der Waals surface area contributed by atoms with Crippen molar-refractivity contribution < 1.29 is 26.9 Å². The molecule has 0 radical (unpaired) electrons. The molecule has 13 heteroatoms. The fraction of sp³-hybridized carbons (Fsp3) is 0.0833. The van der Waals surface area contributed by atoms with Gasteiger partial charge in [0.05, 0.1) is 23.0 Å². The Morgan fingerprint density at radius 3 is 2.30 bits per heavy atom. The van der Waals surface area contributed by atoms with Crippen LogP contribution in [0.25, 0.3) is 6.08 Å². The summed E-state index contributed by atoms with van der Waals surface area (Å²) in [6.45, 7) is -0.0805. The number of nitrogens with zero attached hydrogens (tertiary/aromatic N) is 1. The number of carbonyl (C=O) groups excluding carboxylic acids is 2. The number of methoxy groups -OCH3 is 1. The summed E-state index contributed by atoms with van der Waals surface area (Å²) >= 11 is 22.3. The van der Waals surface area contributed by atoms with Gasteiger partial charge in [0.1, 0.15) is 4.90 Å². The number of imide groups is 1. The normalized spacial score (nSPS) is 14.9. The van der Waals surface area contributed by atoms with E-state index in [4.69, 9.17) is 43.7 Å². The molecule has 4 rings (SSSR count). The molecule has 3 aromatic rings. The maximum absolute atomic E-state index is 13.0. The number of hydrogen-bond donors (Lipinski definition) is 0. The Labute approximate surface area is 240 Å². The van der Waals surface area contributed by atoms with Crippen molar-refractivity contribution in [1.29, 1.82) is 0 Å². The Morgan fingerprint density at radius 2 is 1.68 bits per heavy atom. The molecule has 3 aromatic carbocycles. The maximum atomic E-state index is 13.0. The molecule has 192 valence electrons. The van der Waals surface area contributed by atoms with Crippen molar-refractivity contribution in [3.05, 3.63) is 90.2 Å². The van der Waals surface area contributed by atoms with Crippen molar-refractivity contribution in [1.82, 2.24) is 4.90 Å². The number of amides is 2. The molecule has 0 aliphatic carbocycles. The average Bonchev–Trinajstić information content (AvgIpc) is 3.10. The molecule has 7 nitrogen and oxygen atoms in total. The Balaban J connectivity index is 1.61. The molecular formula is C24H15BrCl3NO6S2. The molecule has 1 fully saturated rings. The maximum Gasteiger partial charge on any atom is 0.339 e. The van der Waals surface area contributed by atoms with Gasteiger partial charge in [-0.05, 0) is 87.9 Å². The van der Waals surface area contributed by atoms with E-state index in [-0.39, 0.29) is 32.3 Å². The highest BCUT2D eigenvalue weighted by Crippen LogP contribution is 2.41. The van der Waals surface area contributed by atoms with Crippen LogP contribution in [-0.2, 0) is 21.5 Å². The van der Waals surface area contributed by atoms with Crippen LogP contribution in [0.2, 0.25) is 15.1 Å². The standard InChI is InChI=1S/C24H15BrCl3NO6S2/c1-34-20-10-13(9-17(25)22(20)35-37(32,33)15-7-5-14(26)6-8-15)11-21-23(30)29(24(31)36-21)12-16-18(27)3-2-4-19(16)28/h2-11H,12H2,1H3/b21-11-. The molecule has 37 heavy (non-hydrogen) atoms. The molecule has 0 unspecified atom stereocenters. The molecule has 0 bridgehead atoms. The first-order valence-corrected chi connectivity index (χ1v) is 14.4. The number of hydrogen-bond acceptors (Lipinski definition) is 7. The van der Waals surface area contributed by atoms with Crippen LogP contribution in [0, 0.1) is 0 Å². The second-order valence-corrected chi connectivity index (χ2v) is 12.1. The predicted octanol–water partition coefficient (Wildman–Crippen LogP) is 7.42. The predicted molar refractivity (Wildman–Crippen MR) is 148 cm³/mol. The van der Waals surface area contributed by atoms with Gasteiger partial charge in [-0.3, -0.25) is 14.5 Å². The fourth-order valence-electron chi connectivity index (χ4n) is 3.29. The van der Waals surface area contributed by atoms with Crippen LogP contribution in [-0.4, -0.2) is 31.6 Å². The Kier molecular flexibility index (Phi) is 8.47. The van der Waals surface area contributed by atoms with Crippen LogP contribution >= 0.6 is 62.5 Å². The van der Waals surface area contributed by atoms with Crippen molar-refractivity contribution >= 4 is 89.8 Å². The number of carbonyl (C=O) groups is 2. The first kappa shape index (κ1) is 27.8. The minimum Gasteiger partial charge on any atom is -0.493 e. The lowest BCUT2D eigenvalue weighted by Gasteiger charge is -2.15. The Bertz CT molecular complexity index is 1520. The minimum atomic E-state index is -4.20. The largest absolute Gasteiger partial charge is 0.493 e. The molecule has 0 aromatic heterocycles. The van der Waals surface area contributed by atoms with E-state index < -0.39 is 21.3 Å². The lowest BCUT2D eigenvalue weighted by Crippen LogP contribution is -2.27. The zero-order chi connectivity index (χ0) is 26.9. The van der Waals surface area contributed by atoms with Gasteiger partial charge in [0.2, 0.25) is 0 Å². The number of benzene rings is 3. The van der Waals surface area contributed by atoms with E-state index in [0.717, 1.165) is 16.7 Å². The molecular weight excluding hydrogens is 649 g/mol. The van der Waals surface area contributed by atoms with Gasteiger partial charge in [0.25, 0.3) is 11.1 Å². The monoisotopic (exact) mass is 661 g/mol. The molecule has 1 saturated heterocycles. The second kappa shape index (κ2) is 11.3. The number of halogens is 4. The lowest BCUT2D eigenvalue weighted by molar-refractivity contribution is -0.123. The van der Waals surface area contributed by atoms with E-state index in [0.29, 0.717) is 26.2 Å². The molecule has 0 spiro atoms. The zero-order valence-electron chi connectivity index (χ0n) is 18.7. The summed E-state index contributed by atoms with van der Waals surface area (Å²) in [5.41, 5.74) is 0.920. The summed E-state index contributed by atoms with van der Waals surface area (Å²) in [5.74, 6) is -0.525. The molecule has 0 N–H and O–H groups in total. The van der Waals surface area contributed by atoms with E-state index in [1.165, 1.54) is 49.6 Å². The fourth-order valence-corrected chi connectivity index (χ4v) is 6.38. The molecule has 1 aliphatic rings. The van der Waals surface area contributed by atoms with Gasteiger partial charge in [0, 0.05) is 20.6 Å². The van der Waals surface area contributed by atoms with Crippen LogP contribution in [0.1, 0.15) is 11.1 Å². The van der Waals surface area contributed by atoms with Crippen molar-refractivity contribution in [3.63, 3.8) is 0 Å². The summed E-state index contributed by atoms with van der Waals surface area (Å²) in [5, 5.41) is 0.579. The third-order valence-corrected chi connectivity index (χ3v) is 8.79. The van der Waals surface area contributed by atoms with E-state index in [2.05, 4.69) is 15.9 Å². The van der Waals surface area contributed by atoms with Gasteiger partial charge in [-0.15, -0.1) is 0 Å². The van der Waals surface area contributed by atoms with Gasteiger partial charge < -0.3 is 8.92 Å². The van der Waals surface area contributed by atoms with Crippen LogP contribution in [0.5, 0.6) is 11.5 Å². The van der Waals surface area contributed by atoms with Crippen molar-refractivity contribution in [2.75, 3.05) is 7.11 Å². The minimum absolute atomic E-state index is 0.0805. The first-order valence-electron chi connectivity index (χ1n) is 10.3. The molecule has 1 heterocycles. The van der Waals surface area contributed by atoms with E-state index in [1.807, 2.05) is 0 Å². The first-order chi connectivity index (χ1) is 17.5. The van der Waals surface area contributed by atoms with E-state index in [1.54, 1.807) is 18.2 Å². The van der Waals surface area contributed by atoms with Crippen molar-refractivity contribution in [2.24, 2.45) is 0 Å². The number of rotatable bonds is 7. The van der Waals surface area contributed by atoms with E-state index >= 15 is 0 Å². The number of ether oxygens (including phenoxy) is 1. The van der Waals surface area contributed by atoms with Crippen LogP contribution in [0.4, 0.5) is 4.79 Å². The van der Waals surface area contributed by atoms with E-state index in [9.17, 15) is 18.0 Å². The van der Waals surface area contributed by atoms with Crippen LogP contribution < -0.4 is 8.92 Å². The Hall–Kier alpha value is -2.21. The average molecular weight is 664 g/mol. The van der Waals surface area contributed by atoms with Gasteiger partial charge in [-0.25, -0.2) is 0 Å². The van der Waals surface area contributed by atoms with Gasteiger partial charge >= 0.3 is 10.1 Å². The topological polar surface area (TPSA) is 90.0 Å². The highest BCUT2D eigenvalue weighted by Gasteiger charge is 2.36. The molecule has 1 aliphatic heterocycles. The SMILES string of the molecule is COc1cc(/C=C2\SC(=O)N(Cc3c(Cl)cccc3Cl)C2=O)cc(Br)c1OS(=O)(=O)c1ccc(Cl)cc1. The lowest BCUT2D eigenvalue weighted by atomic mass is 10.1. The van der Waals surface area contributed by atoms with Crippen LogP contribution in [0.3, 0.4) is 0 Å². The third-order valence-electron chi connectivity index (χ3n) is 5.10. The summed E-state index contributed by atoms with van der Waals surface area (Å²) < 4.78 is 36.4. The smallest absolute Gasteiger partial charge is 0.339 e. The highest BCUT2D eigenvalue weighted by atomic mass is 79.9. The third kappa shape index (κ3) is 6.10. The molecule has 2 amide bonds. The summed E-state index contributed by atoms with van der Waals surface area (Å²) in [4.78, 5) is 26.7. The second-order valence-electron chi connectivity index (χ2n) is 7.49. The number of thioether (sulfide) groups is 1. The van der Waals surface area contributed by atoms with Crippen molar-refractivity contribution in [3.8, 4) is 11.5 Å². The molecule has 0 atom stereocenters. The molecule has 0 saturated carbocycles. The van der Waals surface area contributed by atoms with Gasteiger partial charge in [0.15, 0.2) is 11.5 Å². The Morgan fingerprint density at radius 1 is 1.03 bits per heavy atom. The van der Waals surface area contributed by atoms with Crippen molar-refractivity contribution in [2.45, 2.75) is 11.4 Å². The van der Waals surface area contributed by atoms with Gasteiger partial charge in [-0.2, -0.15) is 8.42 Å². The zero-order valence-corrected chi connectivity index (χ0v) is 24.2. The summed E-state index contributed by atoms with van der Waals surface area (Å²) in [6.07, 6.45) is 1.49.